The normalized spacial score (nSPS) is 18.0. The third kappa shape index (κ3) is 4.68. The summed E-state index contributed by atoms with van der Waals surface area (Å²) < 4.78 is 25.1. The molecule has 0 amide bonds. The second-order valence-corrected chi connectivity index (χ2v) is 8.57. The summed E-state index contributed by atoms with van der Waals surface area (Å²) in [6.07, 6.45) is 2.61. The molecule has 32 heavy (non-hydrogen) atoms. The Kier molecular flexibility index (Phi) is 6.86. The predicted molar refractivity (Wildman–Crippen MR) is 125 cm³/mol. The molecule has 1 N–H and O–H groups in total. The van der Waals surface area contributed by atoms with Gasteiger partial charge < -0.3 is 19.4 Å². The summed E-state index contributed by atoms with van der Waals surface area (Å²) in [7, 11) is 1.38. The monoisotopic (exact) mass is 517 g/mol. The zero-order chi connectivity index (χ0) is 22.7. The highest BCUT2D eigenvalue weighted by Crippen LogP contribution is 2.41. The van der Waals surface area contributed by atoms with Gasteiger partial charge in [-0.3, -0.25) is 9.78 Å². The number of methoxy groups -OCH3 is 1. The molecule has 2 unspecified atom stereocenters. The number of aromatic nitrogens is 1. The Labute approximate surface area is 198 Å². The number of pyridine rings is 1. The molecule has 0 bridgehead atoms. The Morgan fingerprint density at radius 3 is 2.88 bits per heavy atom. The van der Waals surface area contributed by atoms with Gasteiger partial charge in [0.05, 0.1) is 18.8 Å². The second-order valence-electron chi connectivity index (χ2n) is 7.33. The van der Waals surface area contributed by atoms with Crippen LogP contribution in [0.15, 0.2) is 63.6 Å². The minimum atomic E-state index is -0.329. The first-order valence-electron chi connectivity index (χ1n) is 10.1. The van der Waals surface area contributed by atoms with Gasteiger partial charge in [0, 0.05) is 29.2 Å². The molecule has 2 aromatic heterocycles. The van der Waals surface area contributed by atoms with Crippen LogP contribution in [0.25, 0.3) is 11.3 Å². The van der Waals surface area contributed by atoms with Crippen LogP contribution in [0.2, 0.25) is 0 Å². The molecule has 9 heteroatoms. The number of rotatable bonds is 7. The van der Waals surface area contributed by atoms with E-state index < -0.39 is 0 Å². The lowest BCUT2D eigenvalue weighted by atomic mass is 10.0. The molecule has 0 spiro atoms. The number of carbonyl (C=O) groups is 1. The molecule has 3 aromatic rings. The van der Waals surface area contributed by atoms with Crippen LogP contribution in [0.1, 0.15) is 36.4 Å². The first kappa shape index (κ1) is 22.4. The zero-order valence-corrected chi connectivity index (χ0v) is 19.7. The maximum Gasteiger partial charge on any atom is 0.305 e. The Balaban J connectivity index is 1.66. The van der Waals surface area contributed by atoms with Gasteiger partial charge in [0.2, 0.25) is 0 Å². The van der Waals surface area contributed by atoms with Crippen molar-refractivity contribution in [1.82, 2.24) is 15.2 Å². The number of nitrogens with one attached hydrogen (secondary N) is 1. The minimum Gasteiger partial charge on any atom is -0.469 e. The van der Waals surface area contributed by atoms with E-state index in [1.54, 1.807) is 12.3 Å². The highest BCUT2D eigenvalue weighted by Gasteiger charge is 2.41. The number of carbonyl (C=O) groups excluding carboxylic acids is 1. The van der Waals surface area contributed by atoms with Crippen molar-refractivity contribution in [1.29, 1.82) is 0 Å². The number of hydrogen-bond acceptors (Lipinski definition) is 5. The van der Waals surface area contributed by atoms with Crippen molar-refractivity contribution in [2.24, 2.45) is 0 Å². The second kappa shape index (κ2) is 9.79. The molecule has 166 valence electrons. The summed E-state index contributed by atoms with van der Waals surface area (Å²) in [5, 5.41) is 3.91. The lowest BCUT2D eigenvalue weighted by Crippen LogP contribution is -2.30. The average molecular weight is 518 g/mol. The van der Waals surface area contributed by atoms with Crippen molar-refractivity contribution in [3.05, 3.63) is 76.5 Å². The number of furan rings is 1. The third-order valence-electron chi connectivity index (χ3n) is 5.32. The van der Waals surface area contributed by atoms with Crippen molar-refractivity contribution in [2.45, 2.75) is 24.9 Å². The van der Waals surface area contributed by atoms with Crippen LogP contribution in [0.5, 0.6) is 0 Å². The van der Waals surface area contributed by atoms with E-state index in [-0.39, 0.29) is 23.9 Å². The topological polar surface area (TPSA) is 67.6 Å². The van der Waals surface area contributed by atoms with E-state index in [0.717, 1.165) is 11.3 Å². The van der Waals surface area contributed by atoms with Gasteiger partial charge in [-0.15, -0.1) is 0 Å². The van der Waals surface area contributed by atoms with E-state index in [0.29, 0.717) is 40.5 Å². The van der Waals surface area contributed by atoms with Crippen molar-refractivity contribution < 1.29 is 18.3 Å². The number of ether oxygens (including phenoxy) is 1. The van der Waals surface area contributed by atoms with E-state index >= 15 is 0 Å². The molecule has 2 atom stereocenters. The van der Waals surface area contributed by atoms with Gasteiger partial charge in [0.15, 0.2) is 5.11 Å². The molecule has 1 fully saturated rings. The number of thiocarbonyl (C=S) groups is 1. The fraction of sp³-hybridized carbons (Fsp3) is 0.261. The number of esters is 1. The number of nitrogens with zero attached hydrogens (tertiary/aromatic N) is 2. The fourth-order valence-electron chi connectivity index (χ4n) is 3.80. The van der Waals surface area contributed by atoms with E-state index in [9.17, 15) is 9.18 Å². The van der Waals surface area contributed by atoms with Crippen LogP contribution in [0.3, 0.4) is 0 Å². The maximum atomic E-state index is 13.5. The Morgan fingerprint density at radius 1 is 1.31 bits per heavy atom. The van der Waals surface area contributed by atoms with Gasteiger partial charge in [0.1, 0.15) is 23.4 Å². The molecule has 4 rings (SSSR count). The van der Waals surface area contributed by atoms with Crippen molar-refractivity contribution >= 4 is 39.2 Å². The summed E-state index contributed by atoms with van der Waals surface area (Å²) in [4.78, 5) is 18.1. The zero-order valence-electron chi connectivity index (χ0n) is 17.3. The van der Waals surface area contributed by atoms with Crippen LogP contribution in [0, 0.1) is 5.82 Å². The third-order valence-corrected chi connectivity index (χ3v) is 6.33. The molecular formula is C23H21BrFN3O3S. The van der Waals surface area contributed by atoms with Crippen LogP contribution >= 0.6 is 28.1 Å². The van der Waals surface area contributed by atoms with Gasteiger partial charge in [0.25, 0.3) is 0 Å². The van der Waals surface area contributed by atoms with Gasteiger partial charge in [-0.1, -0.05) is 6.07 Å². The first-order valence-corrected chi connectivity index (χ1v) is 11.3. The summed E-state index contributed by atoms with van der Waals surface area (Å²) in [5.74, 6) is 0.711. The Hall–Kier alpha value is -2.78. The number of hydrogen-bond donors (Lipinski definition) is 1. The lowest BCUT2D eigenvalue weighted by Gasteiger charge is -2.25. The lowest BCUT2D eigenvalue weighted by molar-refractivity contribution is -0.140. The van der Waals surface area contributed by atoms with E-state index in [2.05, 4.69) is 26.2 Å². The summed E-state index contributed by atoms with van der Waals surface area (Å²) in [6, 6.07) is 13.5. The SMILES string of the molecule is COC(=O)CCCN1C(=S)NC(c2ccccn2)C1c1ccc(-c2ccc(F)cc2Br)o1. The quantitative estimate of drug-likeness (QED) is 0.342. The molecule has 1 aliphatic heterocycles. The van der Waals surface area contributed by atoms with Gasteiger partial charge in [-0.2, -0.15) is 0 Å². The molecule has 0 aliphatic carbocycles. The molecule has 0 saturated carbocycles. The largest absolute Gasteiger partial charge is 0.469 e. The highest BCUT2D eigenvalue weighted by atomic mass is 79.9. The first-order chi connectivity index (χ1) is 15.5. The van der Waals surface area contributed by atoms with Crippen LogP contribution in [-0.2, 0) is 9.53 Å². The van der Waals surface area contributed by atoms with Crippen LogP contribution in [0.4, 0.5) is 4.39 Å². The standard InChI is InChI=1S/C23H21BrFN3O3S/c1-30-20(29)6-4-12-28-22(21(27-23(28)32)17-5-2-3-11-26-17)19-10-9-18(31-19)15-8-7-14(25)13-16(15)24/h2-3,5,7-11,13,21-22H,4,6,12H2,1H3,(H,27,32). The molecule has 1 saturated heterocycles. The van der Waals surface area contributed by atoms with E-state index in [1.165, 1.54) is 19.2 Å². The maximum absolute atomic E-state index is 13.5. The van der Waals surface area contributed by atoms with Crippen molar-refractivity contribution in [3.8, 4) is 11.3 Å². The van der Waals surface area contributed by atoms with Gasteiger partial charge in [-0.25, -0.2) is 4.39 Å². The molecule has 3 heterocycles. The van der Waals surface area contributed by atoms with E-state index in [4.69, 9.17) is 21.4 Å². The van der Waals surface area contributed by atoms with Gasteiger partial charge in [-0.05, 0) is 77.0 Å². The molecule has 0 radical (unpaired) electrons. The molecule has 6 nitrogen and oxygen atoms in total. The summed E-state index contributed by atoms with van der Waals surface area (Å²) >= 11 is 9.02. The number of benzene rings is 1. The van der Waals surface area contributed by atoms with E-state index in [1.807, 2.05) is 35.2 Å². The fourth-order valence-corrected chi connectivity index (χ4v) is 4.67. The number of halogens is 2. The predicted octanol–water partition coefficient (Wildman–Crippen LogP) is 5.17. The van der Waals surface area contributed by atoms with Crippen molar-refractivity contribution in [3.63, 3.8) is 0 Å². The molecule has 1 aromatic carbocycles. The minimum absolute atomic E-state index is 0.225. The van der Waals surface area contributed by atoms with Crippen molar-refractivity contribution in [2.75, 3.05) is 13.7 Å². The van der Waals surface area contributed by atoms with Crippen LogP contribution < -0.4 is 5.32 Å². The summed E-state index contributed by atoms with van der Waals surface area (Å²) in [6.45, 7) is 0.547. The average Bonchev–Trinajstić information content (AvgIpc) is 3.39. The molecular weight excluding hydrogens is 497 g/mol. The smallest absolute Gasteiger partial charge is 0.305 e. The Bertz CT molecular complexity index is 1120. The Morgan fingerprint density at radius 2 is 2.16 bits per heavy atom. The summed E-state index contributed by atoms with van der Waals surface area (Å²) in [5.41, 5.74) is 1.58. The molecule has 1 aliphatic rings. The highest BCUT2D eigenvalue weighted by molar-refractivity contribution is 9.10. The van der Waals surface area contributed by atoms with Gasteiger partial charge >= 0.3 is 5.97 Å². The van der Waals surface area contributed by atoms with Crippen LogP contribution in [-0.4, -0.2) is 34.6 Å².